The Morgan fingerprint density at radius 2 is 1.78 bits per heavy atom. The van der Waals surface area contributed by atoms with Crippen molar-refractivity contribution in [2.24, 2.45) is 0 Å². The Hall–Kier alpha value is -2.96. The maximum Gasteiger partial charge on any atom is 0.416 e. The van der Waals surface area contributed by atoms with Gasteiger partial charge in [0, 0.05) is 32.2 Å². The molecule has 0 saturated carbocycles. The molecule has 0 radical (unpaired) electrons. The van der Waals surface area contributed by atoms with E-state index in [0.717, 1.165) is 49.6 Å². The van der Waals surface area contributed by atoms with E-state index in [1.54, 1.807) is 0 Å². The lowest BCUT2D eigenvalue weighted by Gasteiger charge is -2.34. The topological polar surface area (TPSA) is 88.8 Å². The molecule has 1 aromatic heterocycles. The molecule has 0 bridgehead atoms. The van der Waals surface area contributed by atoms with Crippen LogP contribution in [0.25, 0.3) is 10.1 Å². The molecule has 4 rings (SSSR count). The molecule has 0 atom stereocenters. The maximum atomic E-state index is 13.1. The van der Waals surface area contributed by atoms with E-state index in [-0.39, 0.29) is 22.2 Å². The number of fused-ring (bicyclic) bond motifs is 1. The van der Waals surface area contributed by atoms with E-state index in [4.69, 9.17) is 4.74 Å². The minimum atomic E-state index is -4.81. The molecule has 1 aliphatic rings. The molecule has 1 aliphatic heterocycles. The Balaban J connectivity index is 0.00000361. The van der Waals surface area contributed by atoms with Crippen molar-refractivity contribution in [1.82, 2.24) is 9.88 Å². The maximum absolute atomic E-state index is 13.1. The van der Waals surface area contributed by atoms with Gasteiger partial charge in [-0.25, -0.2) is 0 Å². The van der Waals surface area contributed by atoms with Crippen LogP contribution < -0.4 is 15.2 Å². The number of nitrogens with zero attached hydrogens (tertiary/aromatic N) is 4. The zero-order chi connectivity index (χ0) is 25.0. The van der Waals surface area contributed by atoms with Gasteiger partial charge in [0.1, 0.15) is 10.4 Å². The number of nitro groups is 1. The summed E-state index contributed by atoms with van der Waals surface area (Å²) in [6.07, 6.45) is -2.94. The smallest absolute Gasteiger partial charge is 0.416 e. The number of unbranched alkanes of at least 4 members (excludes halogenated alkanes) is 1. The fourth-order valence-corrected chi connectivity index (χ4v) is 5.00. The lowest BCUT2D eigenvalue weighted by Crippen LogP contribution is -2.47. The molecule has 2 aromatic carbocycles. The largest absolute Gasteiger partial charge is 0.494 e. The highest BCUT2D eigenvalue weighted by atomic mass is 35.5. The van der Waals surface area contributed by atoms with Gasteiger partial charge >= 0.3 is 6.18 Å². The summed E-state index contributed by atoms with van der Waals surface area (Å²) in [4.78, 5) is 31.2. The van der Waals surface area contributed by atoms with Gasteiger partial charge in [-0.2, -0.15) is 18.2 Å². The summed E-state index contributed by atoms with van der Waals surface area (Å²) in [6, 6.07) is 10.7. The van der Waals surface area contributed by atoms with Crippen molar-refractivity contribution in [2.75, 3.05) is 44.2 Å². The van der Waals surface area contributed by atoms with Crippen molar-refractivity contribution in [1.29, 1.82) is 0 Å². The molecule has 1 saturated heterocycles. The quantitative estimate of drug-likeness (QED) is 0.224. The van der Waals surface area contributed by atoms with Crippen LogP contribution in [0.2, 0.25) is 0 Å². The highest BCUT2D eigenvalue weighted by Gasteiger charge is 2.34. The monoisotopic (exact) mass is 544 g/mol. The van der Waals surface area contributed by atoms with Gasteiger partial charge in [0.15, 0.2) is 5.13 Å². The van der Waals surface area contributed by atoms with Gasteiger partial charge in [0.25, 0.3) is 11.2 Å². The van der Waals surface area contributed by atoms with Crippen LogP contribution >= 0.6 is 23.7 Å². The predicted octanol–water partition coefficient (Wildman–Crippen LogP) is 4.99. The number of nitro benzene ring substituents is 1. The van der Waals surface area contributed by atoms with Crippen LogP contribution in [-0.4, -0.2) is 54.1 Å². The third-order valence-electron chi connectivity index (χ3n) is 5.74. The molecule has 0 N–H and O–H groups in total. The molecule has 1 fully saturated rings. The van der Waals surface area contributed by atoms with Gasteiger partial charge in [0.05, 0.1) is 22.5 Å². The molecule has 0 aliphatic carbocycles. The number of aromatic nitrogens is 1. The summed E-state index contributed by atoms with van der Waals surface area (Å²) < 4.78 is 45.0. The number of anilines is 1. The number of halogens is 4. The van der Waals surface area contributed by atoms with Crippen LogP contribution in [0.4, 0.5) is 24.0 Å². The molecule has 0 spiro atoms. The van der Waals surface area contributed by atoms with Crippen molar-refractivity contribution in [3.05, 3.63) is 68.5 Å². The van der Waals surface area contributed by atoms with Gasteiger partial charge < -0.3 is 9.64 Å². The van der Waals surface area contributed by atoms with E-state index in [1.165, 1.54) is 0 Å². The van der Waals surface area contributed by atoms with Crippen LogP contribution in [0.5, 0.6) is 5.75 Å². The predicted molar refractivity (Wildman–Crippen MR) is 135 cm³/mol. The molecular weight excluding hydrogens is 521 g/mol. The summed E-state index contributed by atoms with van der Waals surface area (Å²) in [5, 5.41) is 11.3. The zero-order valence-electron chi connectivity index (χ0n) is 19.1. The SMILES string of the molecule is Cl.O=c1nc(N2CCN(CCCCOc3ccccc3)CC2)sc2c([N+](=O)[O-])cc(C(F)(F)F)cc12. The van der Waals surface area contributed by atoms with E-state index in [1.807, 2.05) is 35.2 Å². The van der Waals surface area contributed by atoms with E-state index >= 15 is 0 Å². The van der Waals surface area contributed by atoms with Crippen molar-refractivity contribution >= 4 is 44.6 Å². The number of para-hydroxylation sites is 1. The minimum Gasteiger partial charge on any atom is -0.494 e. The van der Waals surface area contributed by atoms with Crippen molar-refractivity contribution in [2.45, 2.75) is 19.0 Å². The lowest BCUT2D eigenvalue weighted by molar-refractivity contribution is -0.383. The van der Waals surface area contributed by atoms with Gasteiger partial charge in [-0.1, -0.05) is 29.5 Å². The number of alkyl halides is 3. The van der Waals surface area contributed by atoms with Gasteiger partial charge in [0.2, 0.25) is 0 Å². The number of hydrogen-bond acceptors (Lipinski definition) is 8. The molecular formula is C23H24ClF3N4O4S. The Morgan fingerprint density at radius 1 is 1.08 bits per heavy atom. The highest BCUT2D eigenvalue weighted by molar-refractivity contribution is 7.22. The van der Waals surface area contributed by atoms with Gasteiger partial charge in [-0.15, -0.1) is 12.4 Å². The second-order valence-corrected chi connectivity index (χ2v) is 9.10. The van der Waals surface area contributed by atoms with Crippen LogP contribution in [0.15, 0.2) is 47.3 Å². The van der Waals surface area contributed by atoms with Crippen LogP contribution in [0.3, 0.4) is 0 Å². The number of benzene rings is 2. The first-order valence-corrected chi connectivity index (χ1v) is 11.9. The molecule has 0 amide bonds. The van der Waals surface area contributed by atoms with E-state index in [0.29, 0.717) is 31.8 Å². The van der Waals surface area contributed by atoms with Crippen molar-refractivity contribution < 1.29 is 22.8 Å². The third-order valence-corrected chi connectivity index (χ3v) is 6.90. The minimum absolute atomic E-state index is 0. The molecule has 2 heterocycles. The van der Waals surface area contributed by atoms with Crippen molar-refractivity contribution in [3.63, 3.8) is 0 Å². The van der Waals surface area contributed by atoms with Crippen LogP contribution in [0, 0.1) is 10.1 Å². The summed E-state index contributed by atoms with van der Waals surface area (Å²) in [6.45, 7) is 4.07. The first kappa shape index (κ1) is 27.6. The molecule has 13 heteroatoms. The summed E-state index contributed by atoms with van der Waals surface area (Å²) in [7, 11) is 0. The fraction of sp³-hybridized carbons (Fsp3) is 0.391. The standard InChI is InChI=1S/C23H23F3N4O4S.ClH/c24-23(25,26)16-14-18-20(19(15-16)30(32)33)35-22(27-21(18)31)29-11-9-28(10-12-29)8-4-5-13-34-17-6-2-1-3-7-17;/h1-3,6-7,14-15H,4-5,8-13H2;1H. The molecule has 36 heavy (non-hydrogen) atoms. The molecule has 3 aromatic rings. The second-order valence-electron chi connectivity index (χ2n) is 8.13. The first-order chi connectivity index (χ1) is 16.7. The number of rotatable bonds is 8. The number of hydrogen-bond donors (Lipinski definition) is 0. The normalized spacial score (nSPS) is 14.5. The Morgan fingerprint density at radius 3 is 2.42 bits per heavy atom. The second kappa shape index (κ2) is 11.8. The summed E-state index contributed by atoms with van der Waals surface area (Å²) in [5.41, 5.74) is -2.88. The average Bonchev–Trinajstić information content (AvgIpc) is 2.83. The summed E-state index contributed by atoms with van der Waals surface area (Å²) >= 11 is 0.876. The number of piperazine rings is 1. The van der Waals surface area contributed by atoms with E-state index in [2.05, 4.69) is 9.88 Å². The Bertz CT molecular complexity index is 1250. The van der Waals surface area contributed by atoms with Crippen molar-refractivity contribution in [3.8, 4) is 5.75 Å². The summed E-state index contributed by atoms with van der Waals surface area (Å²) in [5.74, 6) is 0.845. The molecule has 8 nitrogen and oxygen atoms in total. The van der Waals surface area contributed by atoms with E-state index in [9.17, 15) is 28.1 Å². The van der Waals surface area contributed by atoms with Gasteiger partial charge in [-0.05, 0) is 37.6 Å². The van der Waals surface area contributed by atoms with Crippen LogP contribution in [-0.2, 0) is 6.18 Å². The number of ether oxygens (including phenoxy) is 1. The van der Waals surface area contributed by atoms with Crippen LogP contribution in [0.1, 0.15) is 18.4 Å². The Kier molecular flexibility index (Phi) is 9.09. The molecule has 0 unspecified atom stereocenters. The Labute approximate surface area is 214 Å². The fourth-order valence-electron chi connectivity index (χ4n) is 3.88. The zero-order valence-corrected chi connectivity index (χ0v) is 20.7. The molecule has 194 valence electrons. The first-order valence-electron chi connectivity index (χ1n) is 11.1. The highest BCUT2D eigenvalue weighted by Crippen LogP contribution is 2.38. The van der Waals surface area contributed by atoms with Gasteiger partial charge in [-0.3, -0.25) is 19.8 Å². The third kappa shape index (κ3) is 6.62. The van der Waals surface area contributed by atoms with E-state index < -0.39 is 33.3 Å². The lowest BCUT2D eigenvalue weighted by atomic mass is 10.1. The average molecular weight is 545 g/mol. The number of non-ortho nitro benzene ring substituents is 1.